The minimum absolute atomic E-state index is 0.0158. The first kappa shape index (κ1) is 28.4. The Balaban J connectivity index is 1.34. The average Bonchev–Trinajstić information content (AvgIpc) is 3.41. The van der Waals surface area contributed by atoms with Gasteiger partial charge in [0.1, 0.15) is 17.2 Å². The topological polar surface area (TPSA) is 86.7 Å². The number of hydrogen-bond donors (Lipinski definition) is 0. The van der Waals surface area contributed by atoms with Gasteiger partial charge in [0, 0.05) is 10.4 Å². The molecule has 1 amide bonds. The predicted octanol–water partition coefficient (Wildman–Crippen LogP) is 6.21. The summed E-state index contributed by atoms with van der Waals surface area (Å²) in [5, 5.41) is 6.33. The summed E-state index contributed by atoms with van der Waals surface area (Å²) < 4.78 is 22.3. The highest BCUT2D eigenvalue weighted by Gasteiger charge is 2.43. The Hall–Kier alpha value is -4.11. The van der Waals surface area contributed by atoms with E-state index in [0.717, 1.165) is 57.6 Å². The van der Waals surface area contributed by atoms with E-state index in [0.29, 0.717) is 5.75 Å². The molecule has 0 bridgehead atoms. The molecule has 1 fully saturated rings. The number of amides is 1. The fourth-order valence-corrected chi connectivity index (χ4v) is 5.43. The molecule has 0 spiro atoms. The highest BCUT2D eigenvalue weighted by Crippen LogP contribution is 2.44. The number of halogens is 1. The third kappa shape index (κ3) is 6.79. The third-order valence-corrected chi connectivity index (χ3v) is 7.73. The number of benzene rings is 3. The predicted molar refractivity (Wildman–Crippen MR) is 159 cm³/mol. The van der Waals surface area contributed by atoms with Gasteiger partial charge in [-0.15, -0.1) is 0 Å². The zero-order valence-electron chi connectivity index (χ0n) is 22.9. The number of ether oxygens (including phenoxy) is 4. The van der Waals surface area contributed by atoms with Crippen molar-refractivity contribution in [2.45, 2.75) is 25.3 Å². The molecule has 41 heavy (non-hydrogen) atoms. The van der Waals surface area contributed by atoms with E-state index < -0.39 is 18.5 Å². The van der Waals surface area contributed by atoms with Crippen LogP contribution in [0.3, 0.4) is 0 Å². The molecule has 5 rings (SSSR count). The molecule has 1 aliphatic heterocycles. The van der Waals surface area contributed by atoms with Gasteiger partial charge in [0.2, 0.25) is 0 Å². The molecule has 0 aromatic heterocycles. The molecule has 0 saturated heterocycles. The van der Waals surface area contributed by atoms with Gasteiger partial charge >= 0.3 is 5.97 Å². The summed E-state index contributed by atoms with van der Waals surface area (Å²) >= 11 is 3.36. The second-order valence-electron chi connectivity index (χ2n) is 9.79. The van der Waals surface area contributed by atoms with Crippen molar-refractivity contribution in [2.24, 2.45) is 11.0 Å². The maximum absolute atomic E-state index is 13.5. The van der Waals surface area contributed by atoms with Gasteiger partial charge < -0.3 is 18.9 Å². The average molecular weight is 620 g/mol. The number of hydrazone groups is 1. The van der Waals surface area contributed by atoms with Gasteiger partial charge in [0.05, 0.1) is 26.0 Å². The molecule has 8 nitrogen and oxygen atoms in total. The summed E-state index contributed by atoms with van der Waals surface area (Å²) in [6.45, 7) is -0.737. The van der Waals surface area contributed by atoms with Crippen molar-refractivity contribution in [3.63, 3.8) is 0 Å². The molecule has 2 unspecified atom stereocenters. The highest BCUT2D eigenvalue weighted by atomic mass is 79.9. The molecule has 1 saturated carbocycles. The molecule has 0 N–H and O–H groups in total. The van der Waals surface area contributed by atoms with Gasteiger partial charge in [-0.05, 0) is 90.6 Å². The second kappa shape index (κ2) is 13.0. The maximum atomic E-state index is 13.5. The zero-order chi connectivity index (χ0) is 28.8. The van der Waals surface area contributed by atoms with Crippen LogP contribution in [0.5, 0.6) is 17.2 Å². The Morgan fingerprint density at radius 2 is 1.54 bits per heavy atom. The fourth-order valence-electron chi connectivity index (χ4n) is 5.17. The van der Waals surface area contributed by atoms with Crippen LogP contribution in [0.25, 0.3) is 6.08 Å². The third-order valence-electron chi connectivity index (χ3n) is 7.20. The minimum atomic E-state index is -0.633. The van der Waals surface area contributed by atoms with Crippen LogP contribution in [0.4, 0.5) is 0 Å². The molecule has 1 heterocycles. The lowest BCUT2D eigenvalue weighted by Gasteiger charge is -2.29. The van der Waals surface area contributed by atoms with Crippen molar-refractivity contribution in [2.75, 3.05) is 27.4 Å². The Morgan fingerprint density at radius 3 is 2.20 bits per heavy atom. The van der Waals surface area contributed by atoms with Gasteiger partial charge in [-0.2, -0.15) is 5.10 Å². The number of allylic oxidation sites excluding steroid dienone is 1. The summed E-state index contributed by atoms with van der Waals surface area (Å²) in [4.78, 5) is 25.9. The lowest BCUT2D eigenvalue weighted by molar-refractivity contribution is -0.154. The van der Waals surface area contributed by atoms with Crippen molar-refractivity contribution in [3.05, 3.63) is 94.0 Å². The Kier molecular flexibility index (Phi) is 9.04. The van der Waals surface area contributed by atoms with Crippen molar-refractivity contribution >= 4 is 39.6 Å². The summed E-state index contributed by atoms with van der Waals surface area (Å²) in [5.41, 5.74) is 3.97. The number of carbonyl (C=O) groups is 2. The van der Waals surface area contributed by atoms with Crippen molar-refractivity contribution < 1.29 is 28.5 Å². The molecule has 1 aliphatic carbocycles. The monoisotopic (exact) mass is 618 g/mol. The minimum Gasteiger partial charge on any atom is -0.497 e. The van der Waals surface area contributed by atoms with Crippen LogP contribution in [0.15, 0.2) is 87.9 Å². The summed E-state index contributed by atoms with van der Waals surface area (Å²) in [6.07, 6.45) is 4.85. The fraction of sp³-hybridized carbons (Fsp3) is 0.281. The zero-order valence-corrected chi connectivity index (χ0v) is 24.5. The number of hydrogen-bond acceptors (Lipinski definition) is 7. The lowest BCUT2D eigenvalue weighted by atomic mass is 9.77. The molecular weight excluding hydrogens is 588 g/mol. The van der Waals surface area contributed by atoms with Crippen LogP contribution in [-0.2, 0) is 14.3 Å². The summed E-state index contributed by atoms with van der Waals surface area (Å²) in [5.74, 6) is 1.04. The SMILES string of the molecule is COc1ccc(C=C2CCCC3C2=NN(C(=O)COC(=O)COc2ccc(Br)cc2)C3c2ccc(OC)cc2)cc1. The molecule has 2 aliphatic rings. The van der Waals surface area contributed by atoms with Crippen LogP contribution in [-0.4, -0.2) is 50.0 Å². The second-order valence-corrected chi connectivity index (χ2v) is 10.7. The van der Waals surface area contributed by atoms with Crippen LogP contribution < -0.4 is 14.2 Å². The van der Waals surface area contributed by atoms with Gasteiger partial charge in [-0.3, -0.25) is 4.79 Å². The first-order valence-corrected chi connectivity index (χ1v) is 14.2. The van der Waals surface area contributed by atoms with E-state index in [1.165, 1.54) is 5.01 Å². The van der Waals surface area contributed by atoms with Crippen LogP contribution >= 0.6 is 15.9 Å². The first-order valence-electron chi connectivity index (χ1n) is 13.4. The smallest absolute Gasteiger partial charge is 0.344 e. The van der Waals surface area contributed by atoms with Crippen molar-refractivity contribution in [3.8, 4) is 17.2 Å². The Morgan fingerprint density at radius 1 is 0.902 bits per heavy atom. The van der Waals surface area contributed by atoms with Crippen molar-refractivity contribution in [1.82, 2.24) is 5.01 Å². The van der Waals surface area contributed by atoms with E-state index in [1.54, 1.807) is 26.4 Å². The number of rotatable bonds is 9. The van der Waals surface area contributed by atoms with Gasteiger partial charge in [-0.25, -0.2) is 9.80 Å². The largest absolute Gasteiger partial charge is 0.497 e. The van der Waals surface area contributed by atoms with Crippen molar-refractivity contribution in [1.29, 1.82) is 0 Å². The van der Waals surface area contributed by atoms with Gasteiger partial charge in [0.15, 0.2) is 13.2 Å². The highest BCUT2D eigenvalue weighted by molar-refractivity contribution is 9.10. The summed E-state index contributed by atoms with van der Waals surface area (Å²) in [7, 11) is 3.26. The lowest BCUT2D eigenvalue weighted by Crippen LogP contribution is -2.35. The quantitative estimate of drug-likeness (QED) is 0.265. The van der Waals surface area contributed by atoms with E-state index in [-0.39, 0.29) is 18.6 Å². The van der Waals surface area contributed by atoms with E-state index in [2.05, 4.69) is 22.0 Å². The van der Waals surface area contributed by atoms with E-state index >= 15 is 0 Å². The van der Waals surface area contributed by atoms with Gasteiger partial charge in [-0.1, -0.05) is 40.2 Å². The molecule has 3 aromatic carbocycles. The van der Waals surface area contributed by atoms with E-state index in [9.17, 15) is 9.59 Å². The molecule has 212 valence electrons. The summed E-state index contributed by atoms with van der Waals surface area (Å²) in [6, 6.07) is 22.3. The van der Waals surface area contributed by atoms with Crippen LogP contribution in [0.2, 0.25) is 0 Å². The maximum Gasteiger partial charge on any atom is 0.344 e. The molecule has 2 atom stereocenters. The number of fused-ring (bicyclic) bond motifs is 1. The molecule has 9 heteroatoms. The first-order chi connectivity index (χ1) is 19.9. The molecule has 0 radical (unpaired) electrons. The number of methoxy groups -OCH3 is 2. The molecular formula is C32H31BrN2O6. The Bertz CT molecular complexity index is 1430. The Labute approximate surface area is 247 Å². The normalized spacial score (nSPS) is 18.9. The van der Waals surface area contributed by atoms with Gasteiger partial charge in [0.25, 0.3) is 5.91 Å². The van der Waals surface area contributed by atoms with E-state index in [4.69, 9.17) is 24.0 Å². The number of nitrogens with zero attached hydrogens (tertiary/aromatic N) is 2. The van der Waals surface area contributed by atoms with Crippen LogP contribution in [0, 0.1) is 5.92 Å². The number of esters is 1. The van der Waals surface area contributed by atoms with E-state index in [1.807, 2.05) is 60.7 Å². The molecule has 3 aromatic rings. The standard InChI is InChI=1S/C32H31BrN2O6/c1-38-25-12-6-21(7-13-25)18-23-4-3-5-28-31(23)34-35(32(28)22-8-14-26(39-2)15-9-22)29(36)19-41-30(37)20-40-27-16-10-24(33)11-17-27/h6-18,28,32H,3-5,19-20H2,1-2H3. The number of carbonyl (C=O) groups excluding carboxylic acids is 2. The van der Waals surface area contributed by atoms with Crippen LogP contribution in [0.1, 0.15) is 36.4 Å².